The van der Waals surface area contributed by atoms with Crippen molar-refractivity contribution in [2.75, 3.05) is 18.4 Å². The molecule has 2 heterocycles. The van der Waals surface area contributed by atoms with E-state index >= 15 is 0 Å². The fourth-order valence-electron chi connectivity index (χ4n) is 2.99. The molecule has 1 aromatic carbocycles. The standard InChI is InChI=1S/C20H17F6N3O3/c21-19(22,23)13-3-1-11(2-4-13)7-16(30)29-17-15(8-14(10-28-17)20(24,25)26)32-18(31)12-5-6-27-9-12/h1-4,8,10,12,27H,5-7,9H2,(H,28,29,30)/t12-/m0/s1. The first-order valence-corrected chi connectivity index (χ1v) is 9.39. The van der Waals surface area contributed by atoms with Gasteiger partial charge in [-0.1, -0.05) is 12.1 Å². The molecule has 3 rings (SSSR count). The lowest BCUT2D eigenvalue weighted by atomic mass is 10.1. The maximum atomic E-state index is 13.0. The number of nitrogens with one attached hydrogen (secondary N) is 2. The van der Waals surface area contributed by atoms with E-state index in [1.54, 1.807) is 0 Å². The number of alkyl halides is 6. The quantitative estimate of drug-likeness (QED) is 0.523. The lowest BCUT2D eigenvalue weighted by Crippen LogP contribution is -2.24. The Morgan fingerprint density at radius 2 is 1.72 bits per heavy atom. The summed E-state index contributed by atoms with van der Waals surface area (Å²) in [6.45, 7) is 0.859. The van der Waals surface area contributed by atoms with Gasteiger partial charge in [0.05, 0.1) is 23.5 Å². The van der Waals surface area contributed by atoms with Crippen LogP contribution in [0.1, 0.15) is 23.1 Å². The molecule has 1 atom stereocenters. The number of halogens is 6. The Hall–Kier alpha value is -3.15. The highest BCUT2D eigenvalue weighted by molar-refractivity contribution is 5.93. The number of carbonyl (C=O) groups excluding carboxylic acids is 2. The van der Waals surface area contributed by atoms with Crippen LogP contribution in [0.25, 0.3) is 0 Å². The molecule has 6 nitrogen and oxygen atoms in total. The van der Waals surface area contributed by atoms with Crippen molar-refractivity contribution in [3.63, 3.8) is 0 Å². The Labute approximate surface area is 178 Å². The molecule has 0 spiro atoms. The van der Waals surface area contributed by atoms with Gasteiger partial charge in [0.15, 0.2) is 11.6 Å². The number of aromatic nitrogens is 1. The largest absolute Gasteiger partial charge is 0.422 e. The zero-order valence-electron chi connectivity index (χ0n) is 16.3. The monoisotopic (exact) mass is 461 g/mol. The highest BCUT2D eigenvalue weighted by Gasteiger charge is 2.33. The Morgan fingerprint density at radius 1 is 1.06 bits per heavy atom. The van der Waals surface area contributed by atoms with Crippen molar-refractivity contribution in [3.8, 4) is 5.75 Å². The lowest BCUT2D eigenvalue weighted by molar-refractivity contribution is -0.140. The molecule has 0 saturated carbocycles. The third-order valence-corrected chi connectivity index (χ3v) is 4.69. The molecule has 1 amide bonds. The predicted molar refractivity (Wildman–Crippen MR) is 99.6 cm³/mol. The van der Waals surface area contributed by atoms with Crippen molar-refractivity contribution in [1.82, 2.24) is 10.3 Å². The zero-order valence-corrected chi connectivity index (χ0v) is 16.3. The van der Waals surface area contributed by atoms with Crippen LogP contribution >= 0.6 is 0 Å². The van der Waals surface area contributed by atoms with Crippen molar-refractivity contribution >= 4 is 17.7 Å². The Bertz CT molecular complexity index is 984. The molecule has 0 bridgehead atoms. The molecule has 1 aliphatic rings. The molecule has 1 aromatic heterocycles. The van der Waals surface area contributed by atoms with Crippen LogP contribution in [0.4, 0.5) is 32.2 Å². The van der Waals surface area contributed by atoms with Crippen molar-refractivity contribution in [3.05, 3.63) is 53.2 Å². The second-order valence-electron chi connectivity index (χ2n) is 7.10. The summed E-state index contributed by atoms with van der Waals surface area (Å²) >= 11 is 0. The number of anilines is 1. The summed E-state index contributed by atoms with van der Waals surface area (Å²) in [6.07, 6.45) is -8.74. The minimum absolute atomic E-state index is 0.234. The number of nitrogens with zero attached hydrogens (tertiary/aromatic N) is 1. The van der Waals surface area contributed by atoms with Crippen LogP contribution < -0.4 is 15.4 Å². The van der Waals surface area contributed by atoms with Gasteiger partial charge in [-0.25, -0.2) is 4.98 Å². The molecule has 2 aromatic rings. The Morgan fingerprint density at radius 3 is 2.28 bits per heavy atom. The van der Waals surface area contributed by atoms with Gasteiger partial charge in [0.2, 0.25) is 5.91 Å². The van der Waals surface area contributed by atoms with Crippen molar-refractivity contribution in [2.24, 2.45) is 5.92 Å². The fraction of sp³-hybridized carbons (Fsp3) is 0.350. The van der Waals surface area contributed by atoms with E-state index in [4.69, 9.17) is 4.74 Å². The zero-order chi connectivity index (χ0) is 23.5. The van der Waals surface area contributed by atoms with E-state index < -0.39 is 52.8 Å². The van der Waals surface area contributed by atoms with Crippen LogP contribution in [-0.2, 0) is 28.4 Å². The van der Waals surface area contributed by atoms with Gasteiger partial charge in [0.1, 0.15) is 0 Å². The maximum absolute atomic E-state index is 13.0. The maximum Gasteiger partial charge on any atom is 0.418 e. The second-order valence-corrected chi connectivity index (χ2v) is 7.10. The van der Waals surface area contributed by atoms with Crippen LogP contribution in [0, 0.1) is 5.92 Å². The number of hydrogen-bond donors (Lipinski definition) is 2. The normalized spacial score (nSPS) is 16.6. The third-order valence-electron chi connectivity index (χ3n) is 4.69. The first-order valence-electron chi connectivity index (χ1n) is 9.39. The smallest absolute Gasteiger partial charge is 0.418 e. The van der Waals surface area contributed by atoms with Gasteiger partial charge in [-0.3, -0.25) is 9.59 Å². The number of esters is 1. The molecule has 0 radical (unpaired) electrons. The van der Waals surface area contributed by atoms with Gasteiger partial charge >= 0.3 is 18.3 Å². The van der Waals surface area contributed by atoms with Crippen LogP contribution in [0.2, 0.25) is 0 Å². The fourth-order valence-corrected chi connectivity index (χ4v) is 2.99. The summed E-state index contributed by atoms with van der Waals surface area (Å²) in [5.41, 5.74) is -1.83. The average molecular weight is 461 g/mol. The molecule has 1 fully saturated rings. The highest BCUT2D eigenvalue weighted by atomic mass is 19.4. The first kappa shape index (κ1) is 23.5. The molecule has 32 heavy (non-hydrogen) atoms. The van der Waals surface area contributed by atoms with E-state index in [2.05, 4.69) is 15.6 Å². The highest BCUT2D eigenvalue weighted by Crippen LogP contribution is 2.34. The van der Waals surface area contributed by atoms with Gasteiger partial charge in [-0.2, -0.15) is 26.3 Å². The summed E-state index contributed by atoms with van der Waals surface area (Å²) in [4.78, 5) is 28.1. The molecular formula is C20H17F6N3O3. The van der Waals surface area contributed by atoms with Crippen molar-refractivity contribution in [2.45, 2.75) is 25.2 Å². The van der Waals surface area contributed by atoms with Crippen LogP contribution in [0.5, 0.6) is 5.75 Å². The number of hydrogen-bond acceptors (Lipinski definition) is 5. The predicted octanol–water partition coefficient (Wildman–Crippen LogP) is 3.82. The summed E-state index contributed by atoms with van der Waals surface area (Å²) in [7, 11) is 0. The number of carbonyl (C=O) groups is 2. The van der Waals surface area contributed by atoms with E-state index in [0.29, 0.717) is 31.8 Å². The van der Waals surface area contributed by atoms with Gasteiger partial charge < -0.3 is 15.4 Å². The number of rotatable bonds is 5. The minimum atomic E-state index is -4.76. The molecular weight excluding hydrogens is 444 g/mol. The van der Waals surface area contributed by atoms with E-state index in [1.165, 1.54) is 0 Å². The Balaban J connectivity index is 1.76. The third kappa shape index (κ3) is 5.96. The molecule has 0 aliphatic carbocycles. The first-order chi connectivity index (χ1) is 14.9. The van der Waals surface area contributed by atoms with E-state index in [9.17, 15) is 35.9 Å². The van der Waals surface area contributed by atoms with Crippen LogP contribution in [0.3, 0.4) is 0 Å². The number of ether oxygens (including phenoxy) is 1. The van der Waals surface area contributed by atoms with Gasteiger partial charge in [0, 0.05) is 12.7 Å². The molecule has 1 saturated heterocycles. The number of amides is 1. The lowest BCUT2D eigenvalue weighted by Gasteiger charge is -2.15. The Kier molecular flexibility index (Phi) is 6.72. The second kappa shape index (κ2) is 9.15. The molecule has 0 unspecified atom stereocenters. The van der Waals surface area contributed by atoms with Crippen molar-refractivity contribution in [1.29, 1.82) is 0 Å². The van der Waals surface area contributed by atoms with Gasteiger partial charge in [-0.15, -0.1) is 0 Å². The molecule has 172 valence electrons. The van der Waals surface area contributed by atoms with Gasteiger partial charge in [-0.05, 0) is 36.7 Å². The van der Waals surface area contributed by atoms with Gasteiger partial charge in [0.25, 0.3) is 0 Å². The SMILES string of the molecule is O=C(Cc1ccc(C(F)(F)F)cc1)Nc1ncc(C(F)(F)F)cc1OC(=O)[C@H]1CCNC1. The molecule has 2 N–H and O–H groups in total. The summed E-state index contributed by atoms with van der Waals surface area (Å²) in [5.74, 6) is -3.07. The molecule has 12 heteroatoms. The van der Waals surface area contributed by atoms with Crippen LogP contribution in [-0.4, -0.2) is 29.9 Å². The molecule has 1 aliphatic heterocycles. The summed E-state index contributed by atoms with van der Waals surface area (Å²) in [5, 5.41) is 5.17. The minimum Gasteiger partial charge on any atom is -0.422 e. The summed E-state index contributed by atoms with van der Waals surface area (Å²) in [6, 6.07) is 4.39. The van der Waals surface area contributed by atoms with E-state index in [0.717, 1.165) is 24.3 Å². The van der Waals surface area contributed by atoms with Crippen LogP contribution in [0.15, 0.2) is 36.5 Å². The summed E-state index contributed by atoms with van der Waals surface area (Å²) < 4.78 is 82.1. The van der Waals surface area contributed by atoms with E-state index in [1.807, 2.05) is 0 Å². The average Bonchev–Trinajstić information content (AvgIpc) is 3.23. The number of pyridine rings is 1. The van der Waals surface area contributed by atoms with E-state index in [-0.39, 0.29) is 12.0 Å². The number of benzene rings is 1. The topological polar surface area (TPSA) is 80.3 Å². The van der Waals surface area contributed by atoms with Crippen molar-refractivity contribution < 1.29 is 40.7 Å².